The third-order valence-corrected chi connectivity index (χ3v) is 4.79. The van der Waals surface area contributed by atoms with Crippen molar-refractivity contribution in [3.63, 3.8) is 0 Å². The van der Waals surface area contributed by atoms with Crippen LogP contribution in [-0.4, -0.2) is 30.3 Å². The molecule has 0 aromatic heterocycles. The fourth-order valence-corrected chi connectivity index (χ4v) is 3.07. The molecule has 2 rings (SSSR count). The number of hydrogen-bond donors (Lipinski definition) is 2. The molecule has 116 valence electrons. The summed E-state index contributed by atoms with van der Waals surface area (Å²) < 4.78 is 5.27. The van der Waals surface area contributed by atoms with Crippen LogP contribution < -0.4 is 10.6 Å². The zero-order chi connectivity index (χ0) is 14.8. The summed E-state index contributed by atoms with van der Waals surface area (Å²) in [6.07, 6.45) is 7.20. The summed E-state index contributed by atoms with van der Waals surface area (Å²) in [6, 6.07) is 0.847. The topological polar surface area (TPSA) is 50.4 Å². The largest absolute Gasteiger partial charge is 0.444 e. The Kier molecular flexibility index (Phi) is 4.62. The maximum atomic E-state index is 11.6. The summed E-state index contributed by atoms with van der Waals surface area (Å²) in [5, 5.41) is 6.61. The summed E-state index contributed by atoms with van der Waals surface area (Å²) in [7, 11) is 0. The number of hydrogen-bond acceptors (Lipinski definition) is 3. The molecule has 1 amide bonds. The lowest BCUT2D eigenvalue weighted by Crippen LogP contribution is -2.55. The van der Waals surface area contributed by atoms with E-state index in [4.69, 9.17) is 4.74 Å². The van der Waals surface area contributed by atoms with Gasteiger partial charge in [-0.1, -0.05) is 13.3 Å². The summed E-state index contributed by atoms with van der Waals surface area (Å²) in [5.41, 5.74) is 0.160. The van der Waals surface area contributed by atoms with Gasteiger partial charge in [-0.3, -0.25) is 0 Å². The minimum Gasteiger partial charge on any atom is -0.444 e. The van der Waals surface area contributed by atoms with Crippen LogP contribution in [0.5, 0.6) is 0 Å². The molecule has 2 N–H and O–H groups in total. The summed E-state index contributed by atoms with van der Waals surface area (Å²) in [6.45, 7) is 9.11. The van der Waals surface area contributed by atoms with Gasteiger partial charge in [0, 0.05) is 18.6 Å². The molecular formula is C16H30N2O2. The van der Waals surface area contributed by atoms with Crippen LogP contribution in [0.3, 0.4) is 0 Å². The van der Waals surface area contributed by atoms with Gasteiger partial charge >= 0.3 is 6.09 Å². The monoisotopic (exact) mass is 282 g/mol. The number of nitrogens with one attached hydrogen (secondary N) is 2. The lowest BCUT2D eigenvalue weighted by Gasteiger charge is -2.45. The third-order valence-electron chi connectivity index (χ3n) is 4.79. The Morgan fingerprint density at radius 2 is 1.90 bits per heavy atom. The van der Waals surface area contributed by atoms with Gasteiger partial charge in [-0.15, -0.1) is 0 Å². The first-order valence-electron chi connectivity index (χ1n) is 8.05. The summed E-state index contributed by atoms with van der Waals surface area (Å²) in [4.78, 5) is 11.6. The Morgan fingerprint density at radius 3 is 2.35 bits per heavy atom. The molecule has 2 fully saturated rings. The van der Waals surface area contributed by atoms with Gasteiger partial charge in [-0.2, -0.15) is 0 Å². The standard InChI is InChI=1S/C16H30N2O2/c1-5-16(7-6-8-16)11-17-12-9-13(10-12)18-14(19)20-15(2,3)4/h12-13,17H,5-11H2,1-4H3,(H,18,19). The van der Waals surface area contributed by atoms with Crippen molar-refractivity contribution in [1.82, 2.24) is 10.6 Å². The van der Waals surface area contributed by atoms with E-state index in [1.54, 1.807) is 0 Å². The van der Waals surface area contributed by atoms with E-state index >= 15 is 0 Å². The Balaban J connectivity index is 1.59. The average Bonchev–Trinajstić information content (AvgIpc) is 2.21. The molecule has 2 aliphatic rings. The number of carbonyl (C=O) groups excluding carboxylic acids is 1. The van der Waals surface area contributed by atoms with Crippen LogP contribution >= 0.6 is 0 Å². The molecule has 2 aliphatic carbocycles. The molecule has 0 bridgehead atoms. The molecular weight excluding hydrogens is 252 g/mol. The highest BCUT2D eigenvalue weighted by molar-refractivity contribution is 5.68. The predicted molar refractivity (Wildman–Crippen MR) is 80.8 cm³/mol. The molecule has 4 nitrogen and oxygen atoms in total. The molecule has 0 aliphatic heterocycles. The first kappa shape index (κ1) is 15.6. The molecule has 4 heteroatoms. The van der Waals surface area contributed by atoms with Crippen LogP contribution in [0.1, 0.15) is 66.2 Å². The van der Waals surface area contributed by atoms with E-state index in [1.165, 1.54) is 25.7 Å². The smallest absolute Gasteiger partial charge is 0.407 e. The van der Waals surface area contributed by atoms with Crippen molar-refractivity contribution in [2.24, 2.45) is 5.41 Å². The van der Waals surface area contributed by atoms with E-state index in [9.17, 15) is 4.79 Å². The molecule has 0 spiro atoms. The molecule has 20 heavy (non-hydrogen) atoms. The molecule has 0 atom stereocenters. The molecule has 0 radical (unpaired) electrons. The van der Waals surface area contributed by atoms with Crippen molar-refractivity contribution in [3.05, 3.63) is 0 Å². The van der Waals surface area contributed by atoms with E-state index in [1.807, 2.05) is 20.8 Å². The first-order chi connectivity index (χ1) is 9.32. The fourth-order valence-electron chi connectivity index (χ4n) is 3.07. The van der Waals surface area contributed by atoms with Crippen molar-refractivity contribution in [3.8, 4) is 0 Å². The molecule has 2 saturated carbocycles. The molecule has 0 aromatic carbocycles. The van der Waals surface area contributed by atoms with Crippen LogP contribution in [0.2, 0.25) is 0 Å². The lowest BCUT2D eigenvalue weighted by molar-refractivity contribution is 0.0454. The second kappa shape index (κ2) is 5.92. The van der Waals surface area contributed by atoms with Crippen molar-refractivity contribution in [2.45, 2.75) is 83.9 Å². The van der Waals surface area contributed by atoms with E-state index < -0.39 is 5.60 Å². The van der Waals surface area contributed by atoms with Gasteiger partial charge in [0.25, 0.3) is 0 Å². The van der Waals surface area contributed by atoms with Crippen molar-refractivity contribution in [2.75, 3.05) is 6.54 Å². The quantitative estimate of drug-likeness (QED) is 0.814. The lowest BCUT2D eigenvalue weighted by atomic mass is 9.66. The maximum absolute atomic E-state index is 11.6. The van der Waals surface area contributed by atoms with E-state index in [-0.39, 0.29) is 12.1 Å². The first-order valence-corrected chi connectivity index (χ1v) is 8.05. The number of ether oxygens (including phenoxy) is 1. The van der Waals surface area contributed by atoms with Crippen LogP contribution in [0.4, 0.5) is 4.79 Å². The highest BCUT2D eigenvalue weighted by Gasteiger charge is 2.37. The number of carbonyl (C=O) groups is 1. The van der Waals surface area contributed by atoms with Gasteiger partial charge < -0.3 is 15.4 Å². The SMILES string of the molecule is CCC1(CNC2CC(NC(=O)OC(C)(C)C)C2)CCC1. The second-order valence-electron chi connectivity index (χ2n) is 7.60. The predicted octanol–water partition coefficient (Wildman–Crippen LogP) is 3.21. The van der Waals surface area contributed by atoms with Crippen molar-refractivity contribution in [1.29, 1.82) is 0 Å². The van der Waals surface area contributed by atoms with Gasteiger partial charge in [-0.25, -0.2) is 4.79 Å². The number of rotatable bonds is 5. The molecule has 0 unspecified atom stereocenters. The minimum absolute atomic E-state index is 0.279. The van der Waals surface area contributed by atoms with Gasteiger partial charge in [0.1, 0.15) is 5.60 Å². The highest BCUT2D eigenvalue weighted by atomic mass is 16.6. The van der Waals surface area contributed by atoms with Crippen LogP contribution in [-0.2, 0) is 4.74 Å². The van der Waals surface area contributed by atoms with Crippen molar-refractivity contribution >= 4 is 6.09 Å². The van der Waals surface area contributed by atoms with Crippen molar-refractivity contribution < 1.29 is 9.53 Å². The van der Waals surface area contributed by atoms with E-state index in [0.717, 1.165) is 19.4 Å². The maximum Gasteiger partial charge on any atom is 0.407 e. The Bertz CT molecular complexity index is 333. The Hall–Kier alpha value is -0.770. The highest BCUT2D eigenvalue weighted by Crippen LogP contribution is 2.43. The zero-order valence-corrected chi connectivity index (χ0v) is 13.4. The molecule has 0 aromatic rings. The Morgan fingerprint density at radius 1 is 1.25 bits per heavy atom. The van der Waals surface area contributed by atoms with E-state index in [2.05, 4.69) is 17.6 Å². The zero-order valence-electron chi connectivity index (χ0n) is 13.4. The average molecular weight is 282 g/mol. The number of alkyl carbamates (subject to hydrolysis) is 1. The van der Waals surface area contributed by atoms with Crippen LogP contribution in [0.25, 0.3) is 0 Å². The van der Waals surface area contributed by atoms with Gasteiger partial charge in [0.05, 0.1) is 0 Å². The van der Waals surface area contributed by atoms with Gasteiger partial charge in [-0.05, 0) is 58.3 Å². The second-order valence-corrected chi connectivity index (χ2v) is 7.60. The minimum atomic E-state index is -0.413. The fraction of sp³-hybridized carbons (Fsp3) is 0.938. The molecule has 0 heterocycles. The van der Waals surface area contributed by atoms with Crippen LogP contribution in [0.15, 0.2) is 0 Å². The van der Waals surface area contributed by atoms with Crippen LogP contribution in [0, 0.1) is 5.41 Å². The van der Waals surface area contributed by atoms with Gasteiger partial charge in [0.15, 0.2) is 0 Å². The normalized spacial score (nSPS) is 28.2. The third kappa shape index (κ3) is 4.11. The summed E-state index contributed by atoms with van der Waals surface area (Å²) >= 11 is 0. The Labute approximate surface area is 123 Å². The summed E-state index contributed by atoms with van der Waals surface area (Å²) in [5.74, 6) is 0. The van der Waals surface area contributed by atoms with Gasteiger partial charge in [0.2, 0.25) is 0 Å². The number of amides is 1. The molecule has 0 saturated heterocycles. The van der Waals surface area contributed by atoms with E-state index in [0.29, 0.717) is 11.5 Å².